The first-order chi connectivity index (χ1) is 14.3. The van der Waals surface area contributed by atoms with E-state index in [4.69, 9.17) is 9.88 Å². The molecule has 0 fully saturated rings. The topological polar surface area (TPSA) is 94.6 Å². The number of ether oxygens (including phenoxy) is 1. The Morgan fingerprint density at radius 1 is 1.19 bits per heavy atom. The quantitative estimate of drug-likeness (QED) is 0.600. The number of aromatic nitrogens is 1. The molecule has 0 spiro atoms. The van der Waals surface area contributed by atoms with Crippen molar-refractivity contribution < 1.29 is 13.7 Å². The average molecular weight is 466 g/mol. The van der Waals surface area contributed by atoms with Crippen molar-refractivity contribution in [3.8, 4) is 0 Å². The largest absolute Gasteiger partial charge is 0.380 e. The number of rotatable bonds is 7. The number of nitrogens with two attached hydrogens (primary N) is 1. The van der Waals surface area contributed by atoms with Crippen LogP contribution < -0.4 is 5.14 Å². The van der Waals surface area contributed by atoms with Gasteiger partial charge < -0.3 is 4.74 Å². The second kappa shape index (κ2) is 9.90. The summed E-state index contributed by atoms with van der Waals surface area (Å²) in [6, 6.07) is 4.17. The molecule has 0 bridgehead atoms. The zero-order chi connectivity index (χ0) is 23.6. The minimum absolute atomic E-state index is 0.0629. The van der Waals surface area contributed by atoms with Crippen LogP contribution >= 0.6 is 11.3 Å². The second-order valence-corrected chi connectivity index (χ2v) is 12.5. The number of amides is 1. The van der Waals surface area contributed by atoms with Gasteiger partial charge in [-0.15, -0.1) is 15.7 Å². The number of hydrogen-bond acceptors (Lipinski definition) is 5. The van der Waals surface area contributed by atoms with Gasteiger partial charge in [-0.05, 0) is 34.1 Å². The molecule has 2 N–H and O–H groups in total. The van der Waals surface area contributed by atoms with Gasteiger partial charge >= 0.3 is 0 Å². The lowest BCUT2D eigenvalue weighted by Gasteiger charge is -2.21. The molecule has 0 saturated carbocycles. The third-order valence-electron chi connectivity index (χ3n) is 4.91. The molecule has 2 aromatic rings. The minimum atomic E-state index is -3.34. The van der Waals surface area contributed by atoms with Gasteiger partial charge in [0.1, 0.15) is 4.21 Å². The Hall–Kier alpha value is -1.61. The lowest BCUT2D eigenvalue weighted by Crippen LogP contribution is -2.16. The van der Waals surface area contributed by atoms with Gasteiger partial charge in [-0.1, -0.05) is 60.6 Å². The summed E-state index contributed by atoms with van der Waals surface area (Å²) in [5, 5.41) is 6.81. The average Bonchev–Trinajstić information content (AvgIpc) is 3.13. The molecule has 1 heterocycles. The molecule has 172 valence electrons. The van der Waals surface area contributed by atoms with E-state index in [2.05, 4.69) is 49.2 Å². The van der Waals surface area contributed by atoms with Crippen molar-refractivity contribution in [2.24, 2.45) is 9.50 Å². The standard InChI is InChI=1S/C23H35N3O3S2/c1-14(2)17-9-16(13-29-8)10-18(15(3)4)19(17)11-20(27)26-31(24,28)21-12-25-22(30-21)23(5,6)7/h9-10,12,14-15H,11,13H2,1-8H3,(H2,24,26,27,28). The molecule has 1 amide bonds. The zero-order valence-electron chi connectivity index (χ0n) is 19.8. The van der Waals surface area contributed by atoms with Crippen LogP contribution in [-0.2, 0) is 37.9 Å². The normalized spacial score (nSPS) is 14.2. The molecule has 1 aromatic heterocycles. The molecule has 1 atom stereocenters. The third kappa shape index (κ3) is 6.44. The van der Waals surface area contributed by atoms with Crippen LogP contribution in [0.4, 0.5) is 0 Å². The Morgan fingerprint density at radius 3 is 2.16 bits per heavy atom. The lowest BCUT2D eigenvalue weighted by molar-refractivity contribution is -0.117. The van der Waals surface area contributed by atoms with E-state index in [0.29, 0.717) is 10.8 Å². The van der Waals surface area contributed by atoms with E-state index >= 15 is 0 Å². The highest BCUT2D eigenvalue weighted by atomic mass is 32.2. The van der Waals surface area contributed by atoms with Crippen molar-refractivity contribution in [2.45, 2.75) is 83.0 Å². The maximum Gasteiger partial charge on any atom is 0.259 e. The smallest absolute Gasteiger partial charge is 0.259 e. The number of hydrogen-bond donors (Lipinski definition) is 1. The molecule has 8 heteroatoms. The van der Waals surface area contributed by atoms with E-state index in [1.807, 2.05) is 20.8 Å². The van der Waals surface area contributed by atoms with E-state index in [1.165, 1.54) is 17.5 Å². The molecule has 0 radical (unpaired) electrons. The fourth-order valence-electron chi connectivity index (χ4n) is 3.39. The van der Waals surface area contributed by atoms with Gasteiger partial charge in [-0.3, -0.25) is 4.79 Å². The van der Waals surface area contributed by atoms with Gasteiger partial charge in [0, 0.05) is 12.5 Å². The summed E-state index contributed by atoms with van der Waals surface area (Å²) in [5.41, 5.74) is 3.99. The van der Waals surface area contributed by atoms with Crippen LogP contribution in [0.1, 0.15) is 87.6 Å². The zero-order valence-corrected chi connectivity index (χ0v) is 21.4. The lowest BCUT2D eigenvalue weighted by atomic mass is 9.85. The van der Waals surface area contributed by atoms with E-state index in [1.54, 1.807) is 7.11 Å². The first kappa shape index (κ1) is 25.6. The molecule has 0 aliphatic rings. The number of thiazole rings is 1. The molecule has 1 aromatic carbocycles. The van der Waals surface area contributed by atoms with E-state index in [0.717, 1.165) is 27.3 Å². The highest BCUT2D eigenvalue weighted by Crippen LogP contribution is 2.32. The number of benzene rings is 1. The summed E-state index contributed by atoms with van der Waals surface area (Å²) < 4.78 is 22.6. The van der Waals surface area contributed by atoms with Gasteiger partial charge in [0.15, 0.2) is 9.92 Å². The van der Waals surface area contributed by atoms with Gasteiger partial charge in [0.05, 0.1) is 24.2 Å². The molecular weight excluding hydrogens is 430 g/mol. The molecule has 2 rings (SSSR count). The second-order valence-electron chi connectivity index (χ2n) is 9.46. The molecular formula is C23H35N3O3S2. The van der Waals surface area contributed by atoms with Gasteiger partial charge in [-0.25, -0.2) is 14.3 Å². The summed E-state index contributed by atoms with van der Waals surface area (Å²) in [4.78, 5) is 17.2. The molecule has 31 heavy (non-hydrogen) atoms. The minimum Gasteiger partial charge on any atom is -0.380 e. The predicted octanol–water partition coefficient (Wildman–Crippen LogP) is 5.30. The predicted molar refractivity (Wildman–Crippen MR) is 128 cm³/mol. The van der Waals surface area contributed by atoms with Crippen LogP contribution in [0.2, 0.25) is 0 Å². The van der Waals surface area contributed by atoms with Gasteiger partial charge in [0.25, 0.3) is 5.91 Å². The Bertz CT molecular complexity index is 1030. The van der Waals surface area contributed by atoms with Crippen molar-refractivity contribution in [1.29, 1.82) is 0 Å². The molecule has 6 nitrogen and oxygen atoms in total. The first-order valence-electron chi connectivity index (χ1n) is 10.4. The monoisotopic (exact) mass is 465 g/mol. The molecule has 0 aliphatic heterocycles. The van der Waals surface area contributed by atoms with Crippen molar-refractivity contribution in [2.75, 3.05) is 7.11 Å². The third-order valence-corrected chi connectivity index (χ3v) is 8.25. The Morgan fingerprint density at radius 2 is 1.74 bits per heavy atom. The summed E-state index contributed by atoms with van der Waals surface area (Å²) in [5.74, 6) is -0.0492. The Labute approximate surface area is 190 Å². The first-order valence-corrected chi connectivity index (χ1v) is 12.8. The molecule has 0 saturated heterocycles. The van der Waals surface area contributed by atoms with Crippen LogP contribution in [0.5, 0.6) is 0 Å². The number of carbonyl (C=O) groups excluding carboxylic acids is 1. The van der Waals surface area contributed by atoms with Crippen molar-refractivity contribution in [3.05, 3.63) is 45.6 Å². The summed E-state index contributed by atoms with van der Waals surface area (Å²) in [6.45, 7) is 14.9. The van der Waals surface area contributed by atoms with Crippen molar-refractivity contribution in [1.82, 2.24) is 4.98 Å². The summed E-state index contributed by atoms with van der Waals surface area (Å²) in [6.07, 6.45) is 1.54. The number of nitrogens with zero attached hydrogens (tertiary/aromatic N) is 2. The van der Waals surface area contributed by atoms with E-state index in [9.17, 15) is 9.00 Å². The fourth-order valence-corrected chi connectivity index (χ4v) is 5.58. The maximum atomic E-state index is 13.0. The highest BCUT2D eigenvalue weighted by molar-refractivity contribution is 7.93. The summed E-state index contributed by atoms with van der Waals surface area (Å²) >= 11 is 1.25. The van der Waals surface area contributed by atoms with Crippen molar-refractivity contribution >= 4 is 27.2 Å². The highest BCUT2D eigenvalue weighted by Gasteiger charge is 2.23. The van der Waals surface area contributed by atoms with Crippen LogP contribution in [0.15, 0.2) is 26.9 Å². The van der Waals surface area contributed by atoms with Crippen LogP contribution in [-0.4, -0.2) is 22.2 Å². The Balaban J connectivity index is 2.46. The summed E-state index contributed by atoms with van der Waals surface area (Å²) in [7, 11) is -1.67. The fraction of sp³-hybridized carbons (Fsp3) is 0.565. The van der Waals surface area contributed by atoms with Gasteiger partial charge in [0.2, 0.25) is 0 Å². The van der Waals surface area contributed by atoms with E-state index < -0.39 is 15.8 Å². The van der Waals surface area contributed by atoms with Gasteiger partial charge in [-0.2, -0.15) is 0 Å². The molecule has 0 aliphatic carbocycles. The van der Waals surface area contributed by atoms with Crippen LogP contribution in [0, 0.1) is 0 Å². The van der Waals surface area contributed by atoms with Crippen LogP contribution in [0.25, 0.3) is 0 Å². The molecule has 1 unspecified atom stereocenters. The van der Waals surface area contributed by atoms with E-state index in [-0.39, 0.29) is 23.7 Å². The Kier molecular flexibility index (Phi) is 8.19. The number of carbonyl (C=O) groups is 1. The maximum absolute atomic E-state index is 13.0. The van der Waals surface area contributed by atoms with Crippen molar-refractivity contribution in [3.63, 3.8) is 0 Å². The number of methoxy groups -OCH3 is 1. The SMILES string of the molecule is COCc1cc(C(C)C)c(CC(=O)N=S(N)(=O)c2cnc(C(C)(C)C)s2)c(C(C)C)c1. The van der Waals surface area contributed by atoms with Crippen LogP contribution in [0.3, 0.4) is 0 Å².